The van der Waals surface area contributed by atoms with Crippen molar-refractivity contribution in [1.29, 1.82) is 0 Å². The van der Waals surface area contributed by atoms with Gasteiger partial charge in [0.05, 0.1) is 24.3 Å². The van der Waals surface area contributed by atoms with E-state index >= 15 is 0 Å². The number of aryl methyl sites for hydroxylation is 1. The van der Waals surface area contributed by atoms with Crippen LogP contribution in [0.5, 0.6) is 0 Å². The third-order valence-corrected chi connectivity index (χ3v) is 6.26. The number of alkyl halides is 6. The summed E-state index contributed by atoms with van der Waals surface area (Å²) in [4.78, 5) is 21.0. The second-order valence-corrected chi connectivity index (χ2v) is 9.14. The Kier molecular flexibility index (Phi) is 8.12. The van der Waals surface area contributed by atoms with E-state index < -0.39 is 42.0 Å². The van der Waals surface area contributed by atoms with Gasteiger partial charge in [0.1, 0.15) is 11.9 Å². The number of aromatic nitrogens is 2. The molecule has 1 aliphatic heterocycles. The molecule has 0 spiro atoms. The van der Waals surface area contributed by atoms with Gasteiger partial charge in [-0.15, -0.1) is 0 Å². The van der Waals surface area contributed by atoms with Gasteiger partial charge in [-0.25, -0.2) is 4.98 Å². The van der Waals surface area contributed by atoms with Crippen LogP contribution in [0.3, 0.4) is 0 Å². The summed E-state index contributed by atoms with van der Waals surface area (Å²) in [6, 6.07) is 10.9. The highest BCUT2D eigenvalue weighted by Crippen LogP contribution is 2.36. The molecule has 0 bridgehead atoms. The first-order valence-corrected chi connectivity index (χ1v) is 11.8. The predicted octanol–water partition coefficient (Wildman–Crippen LogP) is 4.89. The molecule has 1 atom stereocenters. The molecule has 38 heavy (non-hydrogen) atoms. The molecule has 3 aromatic rings. The molecule has 1 unspecified atom stereocenters. The minimum absolute atomic E-state index is 0.0696. The van der Waals surface area contributed by atoms with Crippen molar-refractivity contribution in [3.63, 3.8) is 0 Å². The number of imidazole rings is 1. The zero-order valence-corrected chi connectivity index (χ0v) is 20.5. The van der Waals surface area contributed by atoms with E-state index in [1.165, 1.54) is 11.1 Å². The topological polar surface area (TPSA) is 50.6 Å². The monoisotopic (exact) mass is 540 g/mol. The van der Waals surface area contributed by atoms with Gasteiger partial charge >= 0.3 is 12.4 Å². The lowest BCUT2D eigenvalue weighted by Crippen LogP contribution is -2.50. The third-order valence-electron chi connectivity index (χ3n) is 6.26. The Labute approximate surface area is 215 Å². The zero-order chi connectivity index (χ0) is 27.5. The van der Waals surface area contributed by atoms with Crippen LogP contribution < -0.4 is 0 Å². The molecular weight excluding hydrogens is 514 g/mol. The van der Waals surface area contributed by atoms with E-state index in [9.17, 15) is 31.1 Å². The maximum absolute atomic E-state index is 13.6. The number of hydrogen-bond acceptors (Lipinski definition) is 4. The van der Waals surface area contributed by atoms with E-state index in [0.717, 1.165) is 5.56 Å². The Balaban J connectivity index is 1.61. The largest absolute Gasteiger partial charge is 0.416 e. The molecule has 6 nitrogen and oxygen atoms in total. The summed E-state index contributed by atoms with van der Waals surface area (Å²) in [6.45, 7) is 0.995. The van der Waals surface area contributed by atoms with Crippen LogP contribution in [-0.2, 0) is 48.6 Å². The molecular formula is C26H26F6N4O2. The highest BCUT2D eigenvalue weighted by Gasteiger charge is 2.38. The van der Waals surface area contributed by atoms with Crippen LogP contribution in [0.25, 0.3) is 0 Å². The Morgan fingerprint density at radius 3 is 2.24 bits per heavy atom. The number of halogens is 6. The van der Waals surface area contributed by atoms with Gasteiger partial charge < -0.3 is 14.2 Å². The summed E-state index contributed by atoms with van der Waals surface area (Å²) in [7, 11) is 1.68. The van der Waals surface area contributed by atoms with Crippen LogP contribution in [0.2, 0.25) is 0 Å². The van der Waals surface area contributed by atoms with Gasteiger partial charge in [-0.05, 0) is 29.3 Å². The summed E-state index contributed by atoms with van der Waals surface area (Å²) in [5.74, 6) is -0.130. The van der Waals surface area contributed by atoms with Gasteiger partial charge in [0.15, 0.2) is 0 Å². The standard InChI is InChI=1S/C26H26F6N4O2/c1-34-8-7-33-23(34)17-36(15-19-11-20(25(27,28)29)13-21(12-19)26(30,31)32)24(37)22-16-35(9-10-38-22)14-18-5-3-2-4-6-18/h2-8,11-13,22H,9-10,14-17H2,1H3. The minimum Gasteiger partial charge on any atom is -0.366 e. The molecule has 4 rings (SSSR count). The molecule has 0 radical (unpaired) electrons. The van der Waals surface area contributed by atoms with E-state index in [4.69, 9.17) is 4.74 Å². The highest BCUT2D eigenvalue weighted by atomic mass is 19.4. The molecule has 204 valence electrons. The lowest BCUT2D eigenvalue weighted by atomic mass is 10.0. The summed E-state index contributed by atoms with van der Waals surface area (Å²) >= 11 is 0. The lowest BCUT2D eigenvalue weighted by Gasteiger charge is -2.35. The van der Waals surface area contributed by atoms with Gasteiger partial charge in [0.2, 0.25) is 0 Å². The quantitative estimate of drug-likeness (QED) is 0.401. The number of carbonyl (C=O) groups excluding carboxylic acids is 1. The molecule has 0 N–H and O–H groups in total. The van der Waals surface area contributed by atoms with Crippen LogP contribution in [0.4, 0.5) is 26.3 Å². The van der Waals surface area contributed by atoms with Crippen molar-refractivity contribution in [3.05, 3.63) is 89.0 Å². The highest BCUT2D eigenvalue weighted by molar-refractivity contribution is 5.81. The zero-order valence-electron chi connectivity index (χ0n) is 20.5. The van der Waals surface area contributed by atoms with Crippen LogP contribution in [-0.4, -0.2) is 51.1 Å². The average molecular weight is 541 g/mol. The van der Waals surface area contributed by atoms with Gasteiger partial charge in [-0.2, -0.15) is 26.3 Å². The van der Waals surface area contributed by atoms with Crippen molar-refractivity contribution in [2.24, 2.45) is 7.05 Å². The first-order chi connectivity index (χ1) is 17.9. The normalized spacial score (nSPS) is 17.0. The van der Waals surface area contributed by atoms with E-state index in [-0.39, 0.29) is 31.3 Å². The van der Waals surface area contributed by atoms with E-state index in [2.05, 4.69) is 4.98 Å². The fourth-order valence-electron chi connectivity index (χ4n) is 4.30. The number of morpholine rings is 1. The summed E-state index contributed by atoms with van der Waals surface area (Å²) in [5.41, 5.74) is -2.13. The number of nitrogens with zero attached hydrogens (tertiary/aromatic N) is 4. The van der Waals surface area contributed by atoms with E-state index in [1.807, 2.05) is 35.2 Å². The first-order valence-electron chi connectivity index (χ1n) is 11.8. The maximum Gasteiger partial charge on any atom is 0.416 e. The molecule has 0 aliphatic carbocycles. The predicted molar refractivity (Wildman–Crippen MR) is 125 cm³/mol. The van der Waals surface area contributed by atoms with Crippen LogP contribution in [0.1, 0.15) is 28.1 Å². The molecule has 1 fully saturated rings. The minimum atomic E-state index is -4.99. The Morgan fingerprint density at radius 1 is 1.00 bits per heavy atom. The van der Waals surface area contributed by atoms with Crippen molar-refractivity contribution in [2.75, 3.05) is 19.7 Å². The van der Waals surface area contributed by atoms with Gasteiger partial charge in [0, 0.05) is 45.6 Å². The molecule has 1 aliphatic rings. The van der Waals surface area contributed by atoms with Crippen LogP contribution in [0.15, 0.2) is 60.9 Å². The number of amides is 1. The number of ether oxygens (including phenoxy) is 1. The smallest absolute Gasteiger partial charge is 0.366 e. The molecule has 1 saturated heterocycles. The lowest BCUT2D eigenvalue weighted by molar-refractivity contribution is -0.151. The van der Waals surface area contributed by atoms with Crippen molar-refractivity contribution < 1.29 is 35.9 Å². The fraction of sp³-hybridized carbons (Fsp3) is 0.385. The molecule has 1 aromatic heterocycles. The van der Waals surface area contributed by atoms with Gasteiger partial charge in [-0.3, -0.25) is 9.69 Å². The van der Waals surface area contributed by atoms with Crippen molar-refractivity contribution in [3.8, 4) is 0 Å². The number of rotatable bonds is 7. The maximum atomic E-state index is 13.6. The first kappa shape index (κ1) is 27.6. The Hall–Kier alpha value is -3.38. The van der Waals surface area contributed by atoms with Crippen molar-refractivity contribution in [1.82, 2.24) is 19.4 Å². The Morgan fingerprint density at radius 2 is 1.66 bits per heavy atom. The van der Waals surface area contributed by atoms with Gasteiger partial charge in [0.25, 0.3) is 5.91 Å². The molecule has 0 saturated carbocycles. The number of carbonyl (C=O) groups is 1. The summed E-state index contributed by atoms with van der Waals surface area (Å²) in [6.07, 6.45) is -7.81. The molecule has 12 heteroatoms. The average Bonchev–Trinajstić information content (AvgIpc) is 3.27. The van der Waals surface area contributed by atoms with E-state index in [1.54, 1.807) is 17.8 Å². The third kappa shape index (κ3) is 6.93. The molecule has 2 aromatic carbocycles. The fourth-order valence-corrected chi connectivity index (χ4v) is 4.30. The number of benzene rings is 2. The molecule has 1 amide bonds. The summed E-state index contributed by atoms with van der Waals surface area (Å²) < 4.78 is 87.8. The van der Waals surface area contributed by atoms with Crippen LogP contribution >= 0.6 is 0 Å². The number of hydrogen-bond donors (Lipinski definition) is 0. The Bertz CT molecular complexity index is 1210. The van der Waals surface area contributed by atoms with Crippen molar-refractivity contribution in [2.45, 2.75) is 38.1 Å². The second-order valence-electron chi connectivity index (χ2n) is 9.14. The second kappa shape index (κ2) is 11.2. The summed E-state index contributed by atoms with van der Waals surface area (Å²) in [5, 5.41) is 0. The SMILES string of the molecule is Cn1ccnc1CN(Cc1cc(C(F)(F)F)cc(C(F)(F)F)c1)C(=O)C1CN(Cc2ccccc2)CCO1. The molecule has 2 heterocycles. The van der Waals surface area contributed by atoms with E-state index in [0.29, 0.717) is 31.0 Å². The van der Waals surface area contributed by atoms with Crippen LogP contribution in [0, 0.1) is 0 Å². The van der Waals surface area contributed by atoms with Gasteiger partial charge in [-0.1, -0.05) is 30.3 Å². The van der Waals surface area contributed by atoms with Crippen molar-refractivity contribution >= 4 is 5.91 Å².